The molecule has 0 saturated carbocycles. The molecule has 1 aliphatic heterocycles. The highest BCUT2D eigenvalue weighted by Crippen LogP contribution is 2.30. The lowest BCUT2D eigenvalue weighted by atomic mass is 10.1. The van der Waals surface area contributed by atoms with Gasteiger partial charge in [0.05, 0.1) is 19.8 Å². The van der Waals surface area contributed by atoms with Crippen LogP contribution in [0.3, 0.4) is 0 Å². The molecule has 1 aliphatic rings. The molecule has 0 radical (unpaired) electrons. The lowest BCUT2D eigenvalue weighted by molar-refractivity contribution is -0.137. The Bertz CT molecular complexity index is 1190. The van der Waals surface area contributed by atoms with Gasteiger partial charge in [-0.3, -0.25) is 9.59 Å². The Morgan fingerprint density at radius 2 is 1.74 bits per heavy atom. The average Bonchev–Trinajstić information content (AvgIpc) is 2.98. The van der Waals surface area contributed by atoms with Crippen LogP contribution in [0.15, 0.2) is 66.7 Å². The Labute approximate surface area is 199 Å². The number of hydrogen-bond acceptors (Lipinski definition) is 5. The molecule has 0 fully saturated rings. The van der Waals surface area contributed by atoms with E-state index in [1.165, 1.54) is 7.11 Å². The highest BCUT2D eigenvalue weighted by Gasteiger charge is 2.28. The van der Waals surface area contributed by atoms with E-state index in [9.17, 15) is 9.59 Å². The monoisotopic (exact) mass is 460 g/mol. The maximum absolute atomic E-state index is 13.0. The van der Waals surface area contributed by atoms with Gasteiger partial charge in [-0.25, -0.2) is 0 Å². The average molecular weight is 461 g/mol. The van der Waals surface area contributed by atoms with Crippen molar-refractivity contribution in [1.29, 1.82) is 0 Å². The minimum absolute atomic E-state index is 0.0781. The maximum Gasteiger partial charge on any atom is 0.263 e. The van der Waals surface area contributed by atoms with Gasteiger partial charge in [0.15, 0.2) is 6.10 Å². The number of ether oxygens (including phenoxy) is 3. The summed E-state index contributed by atoms with van der Waals surface area (Å²) in [7, 11) is 3.17. The molecule has 0 spiro atoms. The first-order valence-corrected chi connectivity index (χ1v) is 11.1. The van der Waals surface area contributed by atoms with E-state index in [4.69, 9.17) is 14.2 Å². The van der Waals surface area contributed by atoms with Crippen LogP contribution in [0.2, 0.25) is 0 Å². The zero-order chi connectivity index (χ0) is 24.1. The van der Waals surface area contributed by atoms with Crippen molar-refractivity contribution in [1.82, 2.24) is 4.90 Å². The van der Waals surface area contributed by atoms with Crippen molar-refractivity contribution in [3.63, 3.8) is 0 Å². The maximum atomic E-state index is 13.0. The minimum atomic E-state index is -0.604. The molecule has 7 heteroatoms. The van der Waals surface area contributed by atoms with Crippen LogP contribution >= 0.6 is 0 Å². The first-order chi connectivity index (χ1) is 16.5. The molecule has 0 saturated heterocycles. The lowest BCUT2D eigenvalue weighted by Crippen LogP contribution is -2.39. The van der Waals surface area contributed by atoms with E-state index in [0.717, 1.165) is 16.9 Å². The third-order valence-corrected chi connectivity index (χ3v) is 5.84. The van der Waals surface area contributed by atoms with Crippen LogP contribution in [0.1, 0.15) is 28.4 Å². The summed E-state index contributed by atoms with van der Waals surface area (Å²) in [6.45, 7) is 2.65. The largest absolute Gasteiger partial charge is 0.496 e. The zero-order valence-corrected chi connectivity index (χ0v) is 19.5. The number of anilines is 1. The molecule has 3 aromatic rings. The molecule has 2 amide bonds. The summed E-state index contributed by atoms with van der Waals surface area (Å²) in [5.41, 5.74) is 2.92. The first kappa shape index (κ1) is 23.2. The number of fused-ring (bicyclic) bond motifs is 1. The first-order valence-electron chi connectivity index (χ1n) is 11.1. The van der Waals surface area contributed by atoms with Gasteiger partial charge in [-0.15, -0.1) is 0 Å². The normalized spacial score (nSPS) is 15.1. The molecule has 176 valence electrons. The fourth-order valence-electron chi connectivity index (χ4n) is 4.06. The number of carbonyl (C=O) groups is 2. The Morgan fingerprint density at radius 3 is 2.50 bits per heavy atom. The van der Waals surface area contributed by atoms with Gasteiger partial charge in [-0.05, 0) is 55.3 Å². The number of nitrogens with zero attached hydrogens (tertiary/aromatic N) is 1. The van der Waals surface area contributed by atoms with Crippen molar-refractivity contribution in [2.75, 3.05) is 26.1 Å². The number of rotatable bonds is 7. The molecule has 1 heterocycles. The van der Waals surface area contributed by atoms with Crippen LogP contribution in [0.5, 0.6) is 17.2 Å². The molecule has 0 bridgehead atoms. The molecule has 4 rings (SSSR count). The Hall–Kier alpha value is -4.00. The van der Waals surface area contributed by atoms with Gasteiger partial charge < -0.3 is 24.4 Å². The topological polar surface area (TPSA) is 77.1 Å². The van der Waals surface area contributed by atoms with Crippen LogP contribution in [-0.2, 0) is 17.8 Å². The number of carbonyl (C=O) groups excluding carboxylic acids is 2. The summed E-state index contributed by atoms with van der Waals surface area (Å²) < 4.78 is 16.7. The van der Waals surface area contributed by atoms with E-state index in [1.807, 2.05) is 36.4 Å². The molecule has 0 unspecified atom stereocenters. The Kier molecular flexibility index (Phi) is 7.01. The summed E-state index contributed by atoms with van der Waals surface area (Å²) in [5, 5.41) is 2.92. The Balaban J connectivity index is 1.53. The predicted molar refractivity (Wildman–Crippen MR) is 130 cm³/mol. The lowest BCUT2D eigenvalue weighted by Gasteiger charge is -2.22. The van der Waals surface area contributed by atoms with E-state index in [0.29, 0.717) is 42.3 Å². The number of methoxy groups -OCH3 is 2. The summed E-state index contributed by atoms with van der Waals surface area (Å²) in [6, 6.07) is 20.3. The van der Waals surface area contributed by atoms with Gasteiger partial charge >= 0.3 is 0 Å². The van der Waals surface area contributed by atoms with E-state index in [2.05, 4.69) is 5.32 Å². The summed E-state index contributed by atoms with van der Waals surface area (Å²) in [4.78, 5) is 27.6. The highest BCUT2D eigenvalue weighted by atomic mass is 16.5. The van der Waals surface area contributed by atoms with Gasteiger partial charge in [0.1, 0.15) is 17.2 Å². The zero-order valence-electron chi connectivity index (χ0n) is 19.5. The van der Waals surface area contributed by atoms with Gasteiger partial charge in [-0.1, -0.05) is 30.3 Å². The second kappa shape index (κ2) is 10.3. The fraction of sp³-hybridized carbons (Fsp3) is 0.259. The molecule has 34 heavy (non-hydrogen) atoms. The van der Waals surface area contributed by atoms with Crippen molar-refractivity contribution in [2.24, 2.45) is 0 Å². The molecular weight excluding hydrogens is 432 g/mol. The minimum Gasteiger partial charge on any atom is -0.496 e. The molecular formula is C27H28N2O5. The predicted octanol–water partition coefficient (Wildman–Crippen LogP) is 4.31. The molecule has 3 aromatic carbocycles. The van der Waals surface area contributed by atoms with Crippen LogP contribution < -0.4 is 19.5 Å². The van der Waals surface area contributed by atoms with E-state index in [1.54, 1.807) is 49.3 Å². The number of benzene rings is 3. The van der Waals surface area contributed by atoms with Crippen molar-refractivity contribution in [2.45, 2.75) is 26.0 Å². The quantitative estimate of drug-likeness (QED) is 0.569. The number of amides is 2. The van der Waals surface area contributed by atoms with Crippen molar-refractivity contribution in [3.8, 4) is 17.2 Å². The molecule has 7 nitrogen and oxygen atoms in total. The van der Waals surface area contributed by atoms with Gasteiger partial charge in [0.2, 0.25) is 0 Å². The number of para-hydroxylation sites is 2. The SMILES string of the molecule is COc1ccccc1CCN1Cc2cc(NC(=O)c3ccccc3OC)ccc2O[C@@H](C)C1=O. The Morgan fingerprint density at radius 1 is 1.03 bits per heavy atom. The molecule has 1 N–H and O–H groups in total. The van der Waals surface area contributed by atoms with Crippen LogP contribution in [-0.4, -0.2) is 43.6 Å². The van der Waals surface area contributed by atoms with Gasteiger partial charge in [0, 0.05) is 24.3 Å². The second-order valence-electron chi connectivity index (χ2n) is 8.06. The van der Waals surface area contributed by atoms with Crippen molar-refractivity contribution >= 4 is 17.5 Å². The second-order valence-corrected chi connectivity index (χ2v) is 8.06. The highest BCUT2D eigenvalue weighted by molar-refractivity contribution is 6.06. The van der Waals surface area contributed by atoms with Gasteiger partial charge in [0.25, 0.3) is 11.8 Å². The third-order valence-electron chi connectivity index (χ3n) is 5.84. The third kappa shape index (κ3) is 4.98. The standard InChI is InChI=1S/C27H28N2O5/c1-18-27(31)29(15-14-19-8-4-6-10-23(19)32-2)17-20-16-21(12-13-24(20)34-18)28-26(30)22-9-5-7-11-25(22)33-3/h4-13,16,18H,14-15,17H2,1-3H3,(H,28,30)/t18-/m0/s1. The molecule has 1 atom stereocenters. The summed E-state index contributed by atoms with van der Waals surface area (Å²) in [6.07, 6.45) is 0.0510. The number of nitrogens with one attached hydrogen (secondary N) is 1. The fourth-order valence-corrected chi connectivity index (χ4v) is 4.06. The number of hydrogen-bond donors (Lipinski definition) is 1. The van der Waals surface area contributed by atoms with E-state index in [-0.39, 0.29) is 11.8 Å². The summed E-state index contributed by atoms with van der Waals surface area (Å²) >= 11 is 0. The van der Waals surface area contributed by atoms with Crippen LogP contribution in [0, 0.1) is 0 Å². The van der Waals surface area contributed by atoms with Crippen molar-refractivity contribution < 1.29 is 23.8 Å². The van der Waals surface area contributed by atoms with E-state index >= 15 is 0 Å². The molecule has 0 aliphatic carbocycles. The summed E-state index contributed by atoms with van der Waals surface area (Å²) in [5.74, 6) is 1.59. The molecule has 0 aromatic heterocycles. The van der Waals surface area contributed by atoms with Crippen LogP contribution in [0.25, 0.3) is 0 Å². The smallest absolute Gasteiger partial charge is 0.263 e. The van der Waals surface area contributed by atoms with Crippen molar-refractivity contribution in [3.05, 3.63) is 83.4 Å². The van der Waals surface area contributed by atoms with Crippen LogP contribution in [0.4, 0.5) is 5.69 Å². The van der Waals surface area contributed by atoms with E-state index < -0.39 is 6.10 Å². The van der Waals surface area contributed by atoms with Gasteiger partial charge in [-0.2, -0.15) is 0 Å².